The minimum absolute atomic E-state index is 0.433. The molecule has 3 heterocycles. The fraction of sp³-hybridized carbons (Fsp3) is 0.316. The van der Waals surface area contributed by atoms with Crippen molar-refractivity contribution in [2.75, 3.05) is 37.8 Å². The van der Waals surface area contributed by atoms with E-state index >= 15 is 0 Å². The van der Waals surface area contributed by atoms with Crippen molar-refractivity contribution in [1.82, 2.24) is 14.9 Å². The van der Waals surface area contributed by atoms with E-state index in [2.05, 4.69) is 32.3 Å². The van der Waals surface area contributed by atoms with E-state index < -0.39 is 0 Å². The molecule has 1 aromatic carbocycles. The van der Waals surface area contributed by atoms with Gasteiger partial charge in [0.25, 0.3) is 0 Å². The first-order valence-corrected chi connectivity index (χ1v) is 10.3. The molecular weight excluding hydrogens is 394 g/mol. The highest BCUT2D eigenvalue weighted by Crippen LogP contribution is 2.29. The Bertz CT molecular complexity index is 1020. The molecule has 0 atom stereocenters. The van der Waals surface area contributed by atoms with Gasteiger partial charge in [-0.05, 0) is 43.4 Å². The number of H-pyrrole nitrogens is 1. The quantitative estimate of drug-likeness (QED) is 0.490. The van der Waals surface area contributed by atoms with Gasteiger partial charge in [0.1, 0.15) is 5.75 Å². The predicted molar refractivity (Wildman–Crippen MR) is 114 cm³/mol. The van der Waals surface area contributed by atoms with E-state index in [4.69, 9.17) is 21.7 Å². The van der Waals surface area contributed by atoms with Gasteiger partial charge >= 0.3 is 0 Å². The Kier molecular flexibility index (Phi) is 5.84. The lowest BCUT2D eigenvalue weighted by atomic mass is 10.2. The summed E-state index contributed by atoms with van der Waals surface area (Å²) in [6, 6.07) is 11.9. The van der Waals surface area contributed by atoms with E-state index in [0.717, 1.165) is 42.5 Å². The van der Waals surface area contributed by atoms with Crippen LogP contribution in [-0.4, -0.2) is 54.0 Å². The van der Waals surface area contributed by atoms with E-state index in [0.29, 0.717) is 17.2 Å². The Morgan fingerprint density at radius 2 is 2.11 bits per heavy atom. The molecule has 0 spiro atoms. The number of aromatic amines is 1. The molecule has 7 nitrogen and oxygen atoms in total. The third kappa shape index (κ3) is 4.01. The Hall–Kier alpha value is -2.49. The number of aromatic nitrogens is 3. The Morgan fingerprint density at radius 1 is 1.29 bits per heavy atom. The van der Waals surface area contributed by atoms with Gasteiger partial charge in [0.05, 0.1) is 36.6 Å². The van der Waals surface area contributed by atoms with E-state index in [9.17, 15) is 0 Å². The summed E-state index contributed by atoms with van der Waals surface area (Å²) < 4.78 is 13.2. The Morgan fingerprint density at radius 3 is 2.93 bits per heavy atom. The zero-order valence-electron chi connectivity index (χ0n) is 15.5. The van der Waals surface area contributed by atoms with Crippen molar-refractivity contribution in [3.05, 3.63) is 46.0 Å². The SMILES string of the molecule is CCOc1ccccc1-c1n[nH]c(=S)n1/N=C\c1ccc(N2CCOCC2)s1. The Balaban J connectivity index is 1.60. The van der Waals surface area contributed by atoms with Gasteiger partial charge in [-0.3, -0.25) is 0 Å². The molecule has 1 N–H and O–H groups in total. The summed E-state index contributed by atoms with van der Waals surface area (Å²) in [5.41, 5.74) is 0.842. The van der Waals surface area contributed by atoms with Crippen molar-refractivity contribution in [1.29, 1.82) is 0 Å². The van der Waals surface area contributed by atoms with Gasteiger partial charge in [-0.25, -0.2) is 5.10 Å². The van der Waals surface area contributed by atoms with Gasteiger partial charge in [0, 0.05) is 18.0 Å². The number of anilines is 1. The minimum atomic E-state index is 0.433. The van der Waals surface area contributed by atoms with Crippen LogP contribution in [-0.2, 0) is 4.74 Å². The van der Waals surface area contributed by atoms with Crippen molar-refractivity contribution < 1.29 is 9.47 Å². The van der Waals surface area contributed by atoms with Crippen LogP contribution >= 0.6 is 23.6 Å². The summed E-state index contributed by atoms with van der Waals surface area (Å²) in [6.45, 7) is 5.91. The molecule has 0 amide bonds. The van der Waals surface area contributed by atoms with Crippen LogP contribution in [0.5, 0.6) is 5.75 Å². The van der Waals surface area contributed by atoms with Crippen LogP contribution in [0.15, 0.2) is 41.5 Å². The largest absolute Gasteiger partial charge is 0.493 e. The van der Waals surface area contributed by atoms with Crippen molar-refractivity contribution >= 4 is 34.8 Å². The predicted octanol–water partition coefficient (Wildman–Crippen LogP) is 3.79. The monoisotopic (exact) mass is 415 g/mol. The number of benzene rings is 1. The highest BCUT2D eigenvalue weighted by atomic mass is 32.1. The van der Waals surface area contributed by atoms with Gasteiger partial charge in [-0.2, -0.15) is 14.9 Å². The van der Waals surface area contributed by atoms with Crippen LogP contribution in [0, 0.1) is 4.77 Å². The van der Waals surface area contributed by atoms with Crippen molar-refractivity contribution in [3.63, 3.8) is 0 Å². The number of morpholine rings is 1. The number of thiophene rings is 1. The number of rotatable bonds is 6. The first-order chi connectivity index (χ1) is 13.8. The molecule has 0 aliphatic carbocycles. The number of nitrogens with zero attached hydrogens (tertiary/aromatic N) is 4. The highest BCUT2D eigenvalue weighted by Gasteiger charge is 2.14. The van der Waals surface area contributed by atoms with Crippen LogP contribution in [0.25, 0.3) is 11.4 Å². The summed E-state index contributed by atoms with van der Waals surface area (Å²) in [6.07, 6.45) is 1.81. The van der Waals surface area contributed by atoms with E-state index in [-0.39, 0.29) is 0 Å². The van der Waals surface area contributed by atoms with Gasteiger partial charge in [-0.1, -0.05) is 12.1 Å². The van der Waals surface area contributed by atoms with Crippen LogP contribution in [0.4, 0.5) is 5.00 Å². The second kappa shape index (κ2) is 8.68. The lowest BCUT2D eigenvalue weighted by molar-refractivity contribution is 0.123. The third-order valence-corrected chi connectivity index (χ3v) is 5.66. The molecule has 3 aromatic rings. The zero-order chi connectivity index (χ0) is 19.3. The van der Waals surface area contributed by atoms with Crippen molar-refractivity contribution in [2.45, 2.75) is 6.92 Å². The second-order valence-electron chi connectivity index (χ2n) is 6.11. The maximum absolute atomic E-state index is 5.72. The molecular formula is C19H21N5O2S2. The molecule has 9 heteroatoms. The number of hydrogen-bond acceptors (Lipinski definition) is 7. The second-order valence-corrected chi connectivity index (χ2v) is 7.59. The van der Waals surface area contributed by atoms with Crippen molar-refractivity contribution in [3.8, 4) is 17.1 Å². The van der Waals surface area contributed by atoms with Crippen LogP contribution < -0.4 is 9.64 Å². The maximum atomic E-state index is 5.72. The normalized spacial score (nSPS) is 14.7. The summed E-state index contributed by atoms with van der Waals surface area (Å²) in [4.78, 5) is 3.38. The average molecular weight is 416 g/mol. The first kappa shape index (κ1) is 18.9. The summed E-state index contributed by atoms with van der Waals surface area (Å²) >= 11 is 7.07. The average Bonchev–Trinajstić information content (AvgIpc) is 3.35. The molecule has 146 valence electrons. The molecule has 0 bridgehead atoms. The van der Waals surface area contributed by atoms with E-state index in [1.807, 2.05) is 37.4 Å². The molecule has 0 saturated carbocycles. The lowest BCUT2D eigenvalue weighted by Gasteiger charge is -2.27. The van der Waals surface area contributed by atoms with Gasteiger partial charge in [0.15, 0.2) is 5.82 Å². The maximum Gasteiger partial charge on any atom is 0.216 e. The summed E-state index contributed by atoms with van der Waals surface area (Å²) in [5, 5.41) is 13.0. The number of hydrogen-bond donors (Lipinski definition) is 1. The highest BCUT2D eigenvalue weighted by molar-refractivity contribution is 7.71. The molecule has 4 rings (SSSR count). The van der Waals surface area contributed by atoms with Gasteiger partial charge < -0.3 is 14.4 Å². The minimum Gasteiger partial charge on any atom is -0.493 e. The molecule has 1 aliphatic heterocycles. The fourth-order valence-corrected chi connectivity index (χ4v) is 4.09. The smallest absolute Gasteiger partial charge is 0.216 e. The van der Waals surface area contributed by atoms with Gasteiger partial charge in [0.2, 0.25) is 4.77 Å². The van der Waals surface area contributed by atoms with Crippen LogP contribution in [0.2, 0.25) is 0 Å². The van der Waals surface area contributed by atoms with E-state index in [1.165, 1.54) is 5.00 Å². The number of ether oxygens (including phenoxy) is 2. The topological polar surface area (TPSA) is 67.7 Å². The standard InChI is InChI=1S/C19H21N5O2S2/c1-2-26-16-6-4-3-5-15(16)18-21-22-19(27)24(18)20-13-14-7-8-17(28-14)23-9-11-25-12-10-23/h3-8,13H,2,9-12H2,1H3,(H,22,27)/b20-13-. The number of para-hydroxylation sites is 1. The summed E-state index contributed by atoms with van der Waals surface area (Å²) in [5.74, 6) is 1.37. The van der Waals surface area contributed by atoms with E-state index in [1.54, 1.807) is 16.0 Å². The Labute approximate surface area is 172 Å². The molecule has 2 aromatic heterocycles. The van der Waals surface area contributed by atoms with Crippen LogP contribution in [0.1, 0.15) is 11.8 Å². The number of nitrogens with one attached hydrogen (secondary N) is 1. The van der Waals surface area contributed by atoms with Gasteiger partial charge in [-0.15, -0.1) is 11.3 Å². The molecule has 1 saturated heterocycles. The first-order valence-electron chi connectivity index (χ1n) is 9.13. The van der Waals surface area contributed by atoms with Crippen molar-refractivity contribution in [2.24, 2.45) is 5.10 Å². The molecule has 0 radical (unpaired) electrons. The summed E-state index contributed by atoms with van der Waals surface area (Å²) in [7, 11) is 0. The molecule has 1 fully saturated rings. The third-order valence-electron chi connectivity index (χ3n) is 4.31. The lowest BCUT2D eigenvalue weighted by Crippen LogP contribution is -2.35. The fourth-order valence-electron chi connectivity index (χ4n) is 2.99. The molecule has 28 heavy (non-hydrogen) atoms. The van der Waals surface area contributed by atoms with Crippen LogP contribution in [0.3, 0.4) is 0 Å². The zero-order valence-corrected chi connectivity index (χ0v) is 17.1. The molecule has 1 aliphatic rings. The molecule has 0 unspecified atom stereocenters.